The van der Waals surface area contributed by atoms with Crippen LogP contribution in [0.5, 0.6) is 5.75 Å². The predicted molar refractivity (Wildman–Crippen MR) is 93.7 cm³/mol. The van der Waals surface area contributed by atoms with Gasteiger partial charge in [-0.1, -0.05) is 0 Å². The van der Waals surface area contributed by atoms with Gasteiger partial charge in [0, 0.05) is 11.8 Å². The summed E-state index contributed by atoms with van der Waals surface area (Å²) in [4.78, 5) is 9.17. The second kappa shape index (κ2) is 5.62. The number of ether oxygens (including phenoxy) is 1. The maximum Gasteiger partial charge on any atom is 0.145 e. The number of methoxy groups -OCH3 is 1. The third-order valence-corrected chi connectivity index (χ3v) is 4.17. The molecule has 1 aliphatic rings. The number of halogens is 1. The van der Waals surface area contributed by atoms with Gasteiger partial charge in [0.2, 0.25) is 0 Å². The van der Waals surface area contributed by atoms with Crippen LogP contribution in [-0.2, 0) is 0 Å². The first-order valence-electron chi connectivity index (χ1n) is 7.65. The van der Waals surface area contributed by atoms with Gasteiger partial charge in [0.05, 0.1) is 30.3 Å². The minimum absolute atomic E-state index is 0.0420. The molecule has 0 saturated carbocycles. The van der Waals surface area contributed by atoms with Crippen molar-refractivity contribution >= 4 is 28.1 Å². The van der Waals surface area contributed by atoms with Crippen LogP contribution in [0.1, 0.15) is 5.82 Å². The van der Waals surface area contributed by atoms with Gasteiger partial charge in [0.25, 0.3) is 0 Å². The molecule has 6 nitrogen and oxygen atoms in total. The highest BCUT2D eigenvalue weighted by Gasteiger charge is 2.31. The number of amidine groups is 1. The van der Waals surface area contributed by atoms with Gasteiger partial charge in [-0.15, -0.1) is 0 Å². The SMILES string of the molecule is COc1ccc2nc(C3=C(O)CN(c4ccc(F)cc4)C3=N)[nH]c2c1. The lowest BCUT2D eigenvalue weighted by atomic mass is 10.2. The van der Waals surface area contributed by atoms with Gasteiger partial charge in [-0.25, -0.2) is 9.37 Å². The molecule has 0 bridgehead atoms. The standard InChI is InChI=1S/C18H15FN4O2/c1-25-12-6-7-13-14(8-12)22-18(21-13)16-15(24)9-23(17(16)20)11-4-2-10(19)3-5-11/h2-8,20,24H,9H2,1H3,(H,21,22). The molecular weight excluding hydrogens is 323 g/mol. The topological polar surface area (TPSA) is 85.2 Å². The molecule has 0 unspecified atom stereocenters. The fourth-order valence-corrected chi connectivity index (χ4v) is 2.90. The maximum absolute atomic E-state index is 13.1. The monoisotopic (exact) mass is 338 g/mol. The van der Waals surface area contributed by atoms with Crippen molar-refractivity contribution in [3.05, 3.63) is 59.9 Å². The first-order valence-corrected chi connectivity index (χ1v) is 7.65. The van der Waals surface area contributed by atoms with Gasteiger partial charge >= 0.3 is 0 Å². The van der Waals surface area contributed by atoms with E-state index in [9.17, 15) is 9.50 Å². The number of benzene rings is 2. The molecular formula is C18H15FN4O2. The average Bonchev–Trinajstić information content (AvgIpc) is 3.15. The molecule has 126 valence electrons. The van der Waals surface area contributed by atoms with Gasteiger partial charge in [-0.05, 0) is 36.4 Å². The molecule has 1 aliphatic heterocycles. The van der Waals surface area contributed by atoms with E-state index in [1.165, 1.54) is 12.1 Å². The van der Waals surface area contributed by atoms with Crippen LogP contribution in [0, 0.1) is 11.2 Å². The normalized spacial score (nSPS) is 14.6. The number of fused-ring (bicyclic) bond motifs is 1. The lowest BCUT2D eigenvalue weighted by Crippen LogP contribution is -2.26. The number of hydrogen-bond donors (Lipinski definition) is 3. The molecule has 0 aliphatic carbocycles. The maximum atomic E-state index is 13.1. The zero-order chi connectivity index (χ0) is 17.6. The van der Waals surface area contributed by atoms with Crippen molar-refractivity contribution < 1.29 is 14.2 Å². The quantitative estimate of drug-likeness (QED) is 0.682. The highest BCUT2D eigenvalue weighted by Crippen LogP contribution is 2.31. The van der Waals surface area contributed by atoms with Gasteiger partial charge in [-0.3, -0.25) is 5.41 Å². The van der Waals surface area contributed by atoms with Gasteiger partial charge in [0.15, 0.2) is 0 Å². The number of aliphatic hydroxyl groups is 1. The summed E-state index contributed by atoms with van der Waals surface area (Å²) >= 11 is 0. The summed E-state index contributed by atoms with van der Waals surface area (Å²) < 4.78 is 18.3. The lowest BCUT2D eigenvalue weighted by Gasteiger charge is -2.18. The van der Waals surface area contributed by atoms with Crippen LogP contribution in [0.25, 0.3) is 16.6 Å². The Balaban J connectivity index is 1.71. The van der Waals surface area contributed by atoms with Gasteiger partial charge in [0.1, 0.15) is 29.0 Å². The van der Waals surface area contributed by atoms with Crippen molar-refractivity contribution in [1.82, 2.24) is 9.97 Å². The van der Waals surface area contributed by atoms with Crippen molar-refractivity contribution in [1.29, 1.82) is 5.41 Å². The molecule has 0 amide bonds. The smallest absolute Gasteiger partial charge is 0.145 e. The Kier molecular flexibility index (Phi) is 3.42. The molecule has 2 aromatic carbocycles. The van der Waals surface area contributed by atoms with E-state index >= 15 is 0 Å². The molecule has 1 aromatic heterocycles. The number of rotatable bonds is 3. The molecule has 7 heteroatoms. The zero-order valence-corrected chi connectivity index (χ0v) is 13.4. The number of hydrogen-bond acceptors (Lipinski definition) is 4. The van der Waals surface area contributed by atoms with Crippen LogP contribution in [0.2, 0.25) is 0 Å². The van der Waals surface area contributed by atoms with Crippen molar-refractivity contribution in [2.75, 3.05) is 18.6 Å². The van der Waals surface area contributed by atoms with Crippen molar-refractivity contribution in [3.8, 4) is 5.75 Å². The second-order valence-corrected chi connectivity index (χ2v) is 5.70. The number of anilines is 1. The summed E-state index contributed by atoms with van der Waals surface area (Å²) in [5.41, 5.74) is 2.43. The fourth-order valence-electron chi connectivity index (χ4n) is 2.90. The van der Waals surface area contributed by atoms with Crippen LogP contribution < -0.4 is 9.64 Å². The number of aromatic amines is 1. The first-order chi connectivity index (χ1) is 12.1. The molecule has 3 aromatic rings. The molecule has 0 radical (unpaired) electrons. The number of H-pyrrole nitrogens is 1. The molecule has 3 N–H and O–H groups in total. The number of nitrogens with one attached hydrogen (secondary N) is 2. The van der Waals surface area contributed by atoms with E-state index in [-0.39, 0.29) is 24.0 Å². The average molecular weight is 338 g/mol. The Hall–Kier alpha value is -3.35. The Morgan fingerprint density at radius 2 is 2.00 bits per heavy atom. The lowest BCUT2D eigenvalue weighted by molar-refractivity contribution is 0.411. The number of aliphatic hydroxyl groups excluding tert-OH is 1. The third kappa shape index (κ3) is 2.50. The van der Waals surface area contributed by atoms with Crippen molar-refractivity contribution in [3.63, 3.8) is 0 Å². The molecule has 25 heavy (non-hydrogen) atoms. The highest BCUT2D eigenvalue weighted by molar-refractivity contribution is 6.30. The minimum Gasteiger partial charge on any atom is -0.509 e. The van der Waals surface area contributed by atoms with Crippen molar-refractivity contribution in [2.24, 2.45) is 0 Å². The minimum atomic E-state index is -0.349. The molecule has 4 rings (SSSR count). The van der Waals surface area contributed by atoms with E-state index in [0.29, 0.717) is 28.4 Å². The summed E-state index contributed by atoms with van der Waals surface area (Å²) in [6.45, 7) is 0.139. The second-order valence-electron chi connectivity index (χ2n) is 5.70. The van der Waals surface area contributed by atoms with Crippen LogP contribution in [0.15, 0.2) is 48.2 Å². The zero-order valence-electron chi connectivity index (χ0n) is 13.4. The predicted octanol–water partition coefficient (Wildman–Crippen LogP) is 3.48. The number of nitrogens with zero attached hydrogens (tertiary/aromatic N) is 2. The third-order valence-electron chi connectivity index (χ3n) is 4.17. The molecule has 0 atom stereocenters. The Morgan fingerprint density at radius 1 is 1.24 bits per heavy atom. The van der Waals surface area contributed by atoms with E-state index in [1.54, 1.807) is 36.3 Å². The summed E-state index contributed by atoms with van der Waals surface area (Å²) in [6, 6.07) is 11.2. The number of imidazole rings is 1. The van der Waals surface area contributed by atoms with E-state index in [4.69, 9.17) is 10.1 Å². The van der Waals surface area contributed by atoms with Crippen LogP contribution in [-0.4, -0.2) is 34.6 Å². The van der Waals surface area contributed by atoms with E-state index in [0.717, 1.165) is 5.52 Å². The van der Waals surface area contributed by atoms with Crippen LogP contribution >= 0.6 is 0 Å². The summed E-state index contributed by atoms with van der Waals surface area (Å²) in [5, 5.41) is 18.8. The Bertz CT molecular complexity index is 1010. The van der Waals surface area contributed by atoms with Gasteiger partial charge < -0.3 is 19.7 Å². The highest BCUT2D eigenvalue weighted by atomic mass is 19.1. The summed E-state index contributed by atoms with van der Waals surface area (Å²) in [6.07, 6.45) is 0. The summed E-state index contributed by atoms with van der Waals surface area (Å²) in [5.74, 6) is 0.902. The van der Waals surface area contributed by atoms with E-state index in [1.807, 2.05) is 6.07 Å². The van der Waals surface area contributed by atoms with Crippen molar-refractivity contribution in [2.45, 2.75) is 0 Å². The van der Waals surface area contributed by atoms with Crippen LogP contribution in [0.4, 0.5) is 10.1 Å². The molecule has 0 saturated heterocycles. The first kappa shape index (κ1) is 15.2. The Morgan fingerprint density at radius 3 is 2.72 bits per heavy atom. The van der Waals surface area contributed by atoms with E-state index < -0.39 is 0 Å². The largest absolute Gasteiger partial charge is 0.509 e. The fraction of sp³-hybridized carbons (Fsp3) is 0.111. The molecule has 2 heterocycles. The van der Waals surface area contributed by atoms with E-state index in [2.05, 4.69) is 9.97 Å². The van der Waals surface area contributed by atoms with Gasteiger partial charge in [-0.2, -0.15) is 0 Å². The van der Waals surface area contributed by atoms with Crippen LogP contribution in [0.3, 0.4) is 0 Å². The summed E-state index contributed by atoms with van der Waals surface area (Å²) in [7, 11) is 1.58. The molecule has 0 fully saturated rings. The molecule has 0 spiro atoms. The number of aromatic nitrogens is 2. The Labute approximate surface area is 142 Å².